The Hall–Kier alpha value is -1.40. The first-order valence-corrected chi connectivity index (χ1v) is 7.33. The third-order valence-corrected chi connectivity index (χ3v) is 4.35. The number of aromatic nitrogens is 1. The summed E-state index contributed by atoms with van der Waals surface area (Å²) in [6, 6.07) is 3.39. The Balaban J connectivity index is 1.80. The molecule has 6 nitrogen and oxygen atoms in total. The normalized spacial score (nSPS) is 23.4. The summed E-state index contributed by atoms with van der Waals surface area (Å²) in [5, 5.41) is 11.4. The zero-order chi connectivity index (χ0) is 14.1. The number of nitrogens with zero attached hydrogens (tertiary/aromatic N) is 4. The van der Waals surface area contributed by atoms with Crippen LogP contribution in [-0.2, 0) is 0 Å². The van der Waals surface area contributed by atoms with E-state index in [9.17, 15) is 10.1 Å². The molecule has 0 saturated carbocycles. The molecule has 2 saturated heterocycles. The summed E-state index contributed by atoms with van der Waals surface area (Å²) in [5.74, 6) is 0.407. The molecule has 0 aliphatic carbocycles. The molecule has 3 heterocycles. The first kappa shape index (κ1) is 13.6. The van der Waals surface area contributed by atoms with Crippen molar-refractivity contribution in [1.29, 1.82) is 0 Å². The number of pyridine rings is 1. The number of rotatable bonds is 3. The fourth-order valence-electron chi connectivity index (χ4n) is 3.13. The van der Waals surface area contributed by atoms with E-state index in [1.165, 1.54) is 25.0 Å². The van der Waals surface area contributed by atoms with Crippen LogP contribution in [0.4, 0.5) is 11.5 Å². The van der Waals surface area contributed by atoms with Crippen molar-refractivity contribution in [3.8, 4) is 0 Å². The largest absolute Gasteiger partial charge is 0.349 e. The highest BCUT2D eigenvalue weighted by atomic mass is 35.5. The lowest BCUT2D eigenvalue weighted by molar-refractivity contribution is -0.384. The zero-order valence-corrected chi connectivity index (χ0v) is 11.9. The van der Waals surface area contributed by atoms with Gasteiger partial charge in [0.15, 0.2) is 0 Å². The molecule has 1 atom stereocenters. The second kappa shape index (κ2) is 5.54. The van der Waals surface area contributed by atoms with E-state index in [4.69, 9.17) is 11.6 Å². The van der Waals surface area contributed by atoms with Gasteiger partial charge in [-0.25, -0.2) is 4.98 Å². The molecule has 108 valence electrons. The van der Waals surface area contributed by atoms with Gasteiger partial charge in [0.25, 0.3) is 0 Å². The molecule has 2 aliphatic rings. The molecule has 20 heavy (non-hydrogen) atoms. The molecule has 3 rings (SSSR count). The Kier molecular flexibility index (Phi) is 3.76. The van der Waals surface area contributed by atoms with E-state index in [2.05, 4.69) is 9.88 Å². The number of hydrogen-bond donors (Lipinski definition) is 0. The van der Waals surface area contributed by atoms with Gasteiger partial charge in [-0.15, -0.1) is 0 Å². The van der Waals surface area contributed by atoms with E-state index in [1.54, 1.807) is 0 Å². The standard InChI is InChI=1S/C13H17ClN4O2/c14-12-4-3-11(18(19)20)13(15-12)17-8-5-10(9-17)16-6-1-2-7-16/h3-4,10H,1-2,5-9H2. The third kappa shape index (κ3) is 2.58. The van der Waals surface area contributed by atoms with Gasteiger partial charge < -0.3 is 4.90 Å². The molecule has 1 aromatic rings. The van der Waals surface area contributed by atoms with Crippen molar-refractivity contribution in [2.24, 2.45) is 0 Å². The number of anilines is 1. The summed E-state index contributed by atoms with van der Waals surface area (Å²) in [7, 11) is 0. The molecular weight excluding hydrogens is 280 g/mol. The Morgan fingerprint density at radius 1 is 1.30 bits per heavy atom. The van der Waals surface area contributed by atoms with E-state index < -0.39 is 0 Å². The molecule has 0 radical (unpaired) electrons. The summed E-state index contributed by atoms with van der Waals surface area (Å²) >= 11 is 5.89. The Morgan fingerprint density at radius 3 is 2.75 bits per heavy atom. The van der Waals surface area contributed by atoms with Crippen molar-refractivity contribution >= 4 is 23.1 Å². The highest BCUT2D eigenvalue weighted by Crippen LogP contribution is 2.31. The van der Waals surface area contributed by atoms with E-state index in [-0.39, 0.29) is 10.6 Å². The number of halogens is 1. The van der Waals surface area contributed by atoms with E-state index >= 15 is 0 Å². The van der Waals surface area contributed by atoms with Gasteiger partial charge in [-0.05, 0) is 38.4 Å². The maximum absolute atomic E-state index is 11.1. The molecule has 0 spiro atoms. The van der Waals surface area contributed by atoms with Gasteiger partial charge >= 0.3 is 5.69 Å². The first-order valence-electron chi connectivity index (χ1n) is 6.95. The second-order valence-electron chi connectivity index (χ2n) is 5.37. The number of hydrogen-bond acceptors (Lipinski definition) is 5. The summed E-state index contributed by atoms with van der Waals surface area (Å²) in [6.07, 6.45) is 3.55. The summed E-state index contributed by atoms with van der Waals surface area (Å²) in [4.78, 5) is 19.4. The van der Waals surface area contributed by atoms with Crippen LogP contribution in [0.1, 0.15) is 19.3 Å². The molecule has 2 aliphatic heterocycles. The monoisotopic (exact) mass is 296 g/mol. The van der Waals surface area contributed by atoms with Crippen LogP contribution in [0.5, 0.6) is 0 Å². The third-order valence-electron chi connectivity index (χ3n) is 4.14. The summed E-state index contributed by atoms with van der Waals surface area (Å²) < 4.78 is 0. The Morgan fingerprint density at radius 2 is 2.05 bits per heavy atom. The molecule has 0 amide bonds. The molecule has 1 unspecified atom stereocenters. The van der Waals surface area contributed by atoms with Crippen LogP contribution < -0.4 is 4.90 Å². The molecule has 0 N–H and O–H groups in total. The van der Waals surface area contributed by atoms with E-state index in [0.29, 0.717) is 17.0 Å². The molecule has 0 aromatic carbocycles. The van der Waals surface area contributed by atoms with Crippen LogP contribution in [0.3, 0.4) is 0 Å². The van der Waals surface area contributed by atoms with Gasteiger partial charge in [0.1, 0.15) is 5.15 Å². The predicted octanol–water partition coefficient (Wildman–Crippen LogP) is 2.32. The molecular formula is C13H17ClN4O2. The molecule has 0 bridgehead atoms. The lowest BCUT2D eigenvalue weighted by Gasteiger charge is -2.23. The topological polar surface area (TPSA) is 62.5 Å². The lowest BCUT2D eigenvalue weighted by Crippen LogP contribution is -2.35. The highest BCUT2D eigenvalue weighted by molar-refractivity contribution is 6.29. The minimum Gasteiger partial charge on any atom is -0.349 e. The van der Waals surface area contributed by atoms with Crippen LogP contribution >= 0.6 is 11.6 Å². The zero-order valence-electron chi connectivity index (χ0n) is 11.2. The highest BCUT2D eigenvalue weighted by Gasteiger charge is 2.32. The maximum atomic E-state index is 11.1. The quantitative estimate of drug-likeness (QED) is 0.486. The Bertz CT molecular complexity index is 519. The first-order chi connectivity index (χ1) is 9.65. The van der Waals surface area contributed by atoms with E-state index in [0.717, 1.165) is 32.6 Å². The van der Waals surface area contributed by atoms with Gasteiger partial charge in [-0.2, -0.15) is 0 Å². The molecule has 2 fully saturated rings. The van der Waals surface area contributed by atoms with Gasteiger partial charge in [0, 0.05) is 25.2 Å². The summed E-state index contributed by atoms with van der Waals surface area (Å²) in [6.45, 7) is 3.89. The summed E-state index contributed by atoms with van der Waals surface area (Å²) in [5.41, 5.74) is 0.0384. The number of nitro groups is 1. The van der Waals surface area contributed by atoms with Crippen molar-refractivity contribution in [3.05, 3.63) is 27.4 Å². The van der Waals surface area contributed by atoms with Gasteiger partial charge in [-0.3, -0.25) is 15.0 Å². The van der Waals surface area contributed by atoms with Crippen molar-refractivity contribution < 1.29 is 4.92 Å². The number of likely N-dealkylation sites (tertiary alicyclic amines) is 1. The van der Waals surface area contributed by atoms with Crippen LogP contribution in [0.15, 0.2) is 12.1 Å². The average molecular weight is 297 g/mol. The fourth-order valence-corrected chi connectivity index (χ4v) is 3.28. The van der Waals surface area contributed by atoms with Crippen LogP contribution in [-0.4, -0.2) is 47.0 Å². The van der Waals surface area contributed by atoms with Crippen LogP contribution in [0, 0.1) is 10.1 Å². The van der Waals surface area contributed by atoms with Gasteiger partial charge in [0.05, 0.1) is 4.92 Å². The molecule has 7 heteroatoms. The van der Waals surface area contributed by atoms with Crippen molar-refractivity contribution in [1.82, 2.24) is 9.88 Å². The Labute approximate surface area is 122 Å². The van der Waals surface area contributed by atoms with Crippen molar-refractivity contribution in [2.45, 2.75) is 25.3 Å². The predicted molar refractivity (Wildman–Crippen MR) is 77.3 cm³/mol. The van der Waals surface area contributed by atoms with Gasteiger partial charge in [-0.1, -0.05) is 11.6 Å². The molecule has 1 aromatic heterocycles. The van der Waals surface area contributed by atoms with Crippen molar-refractivity contribution in [3.63, 3.8) is 0 Å². The van der Waals surface area contributed by atoms with Gasteiger partial charge in [0.2, 0.25) is 5.82 Å². The smallest absolute Gasteiger partial charge is 0.311 e. The maximum Gasteiger partial charge on any atom is 0.311 e. The second-order valence-corrected chi connectivity index (χ2v) is 5.75. The SMILES string of the molecule is O=[N+]([O-])c1ccc(Cl)nc1N1CCC(N2CCCC2)C1. The fraction of sp³-hybridized carbons (Fsp3) is 0.615. The minimum atomic E-state index is -0.387. The average Bonchev–Trinajstić information content (AvgIpc) is 3.09. The minimum absolute atomic E-state index is 0.0384. The van der Waals surface area contributed by atoms with Crippen LogP contribution in [0.2, 0.25) is 5.15 Å². The lowest BCUT2D eigenvalue weighted by atomic mass is 10.2. The van der Waals surface area contributed by atoms with E-state index in [1.807, 2.05) is 4.90 Å². The van der Waals surface area contributed by atoms with Crippen molar-refractivity contribution in [2.75, 3.05) is 31.1 Å². The van der Waals surface area contributed by atoms with Crippen LogP contribution in [0.25, 0.3) is 0 Å².